The molecule has 3 rings (SSSR count). The van der Waals surface area contributed by atoms with Crippen molar-refractivity contribution >= 4 is 28.9 Å². The van der Waals surface area contributed by atoms with E-state index >= 15 is 0 Å². The molecule has 0 unspecified atom stereocenters. The molecule has 0 aliphatic rings. The minimum Gasteiger partial charge on any atom is -0.497 e. The van der Waals surface area contributed by atoms with Crippen molar-refractivity contribution in [1.82, 2.24) is 9.97 Å². The summed E-state index contributed by atoms with van der Waals surface area (Å²) in [6.45, 7) is 0.659. The predicted octanol–water partition coefficient (Wildman–Crippen LogP) is 4.49. The van der Waals surface area contributed by atoms with Gasteiger partial charge in [-0.2, -0.15) is 0 Å². The van der Waals surface area contributed by atoms with E-state index in [-0.39, 0.29) is 0 Å². The van der Waals surface area contributed by atoms with Gasteiger partial charge in [-0.15, -0.1) is 0 Å². The molecule has 0 bridgehead atoms. The van der Waals surface area contributed by atoms with Crippen molar-refractivity contribution in [2.75, 3.05) is 17.7 Å². The van der Waals surface area contributed by atoms with Crippen molar-refractivity contribution in [3.05, 3.63) is 71.5 Å². The van der Waals surface area contributed by atoms with E-state index in [2.05, 4.69) is 20.6 Å². The van der Waals surface area contributed by atoms with Gasteiger partial charge in [-0.05, 0) is 29.8 Å². The van der Waals surface area contributed by atoms with E-state index in [1.807, 2.05) is 54.6 Å². The van der Waals surface area contributed by atoms with Gasteiger partial charge in [-0.25, -0.2) is 9.97 Å². The van der Waals surface area contributed by atoms with Crippen LogP contribution in [0.15, 0.2) is 60.9 Å². The molecule has 0 amide bonds. The summed E-state index contributed by atoms with van der Waals surface area (Å²) in [6.07, 6.45) is 1.51. The van der Waals surface area contributed by atoms with Crippen molar-refractivity contribution in [3.8, 4) is 5.75 Å². The number of anilines is 3. The van der Waals surface area contributed by atoms with Crippen LogP contribution in [0.1, 0.15) is 5.56 Å². The Kier molecular flexibility index (Phi) is 5.13. The number of nitrogens with one attached hydrogen (secondary N) is 2. The first-order chi connectivity index (χ1) is 11.7. The maximum atomic E-state index is 6.15. The summed E-state index contributed by atoms with van der Waals surface area (Å²) < 4.78 is 5.15. The molecule has 3 aromatic rings. The number of para-hydroxylation sites is 1. The summed E-state index contributed by atoms with van der Waals surface area (Å²) in [5.74, 6) is 2.25. The third kappa shape index (κ3) is 4.14. The van der Waals surface area contributed by atoms with Crippen molar-refractivity contribution in [2.24, 2.45) is 0 Å². The van der Waals surface area contributed by atoms with Gasteiger partial charge in [0.05, 0.1) is 17.8 Å². The van der Waals surface area contributed by atoms with Crippen LogP contribution in [0.2, 0.25) is 5.02 Å². The lowest BCUT2D eigenvalue weighted by molar-refractivity contribution is 0.414. The van der Waals surface area contributed by atoms with Gasteiger partial charge in [0.2, 0.25) is 0 Å². The number of methoxy groups -OCH3 is 1. The Labute approximate surface area is 145 Å². The minimum atomic E-state index is 0.642. The average molecular weight is 341 g/mol. The molecule has 0 saturated heterocycles. The highest BCUT2D eigenvalue weighted by Crippen LogP contribution is 2.24. The highest BCUT2D eigenvalue weighted by molar-refractivity contribution is 6.33. The molecular formula is C18H17ClN4O. The predicted molar refractivity (Wildman–Crippen MR) is 97.1 cm³/mol. The Bertz CT molecular complexity index is 808. The molecule has 0 atom stereocenters. The zero-order chi connectivity index (χ0) is 16.8. The monoisotopic (exact) mass is 340 g/mol. The van der Waals surface area contributed by atoms with Crippen LogP contribution in [0.5, 0.6) is 5.75 Å². The summed E-state index contributed by atoms with van der Waals surface area (Å²) in [5.41, 5.74) is 1.94. The van der Waals surface area contributed by atoms with Gasteiger partial charge >= 0.3 is 0 Å². The molecule has 0 spiro atoms. The van der Waals surface area contributed by atoms with Gasteiger partial charge in [0, 0.05) is 12.6 Å². The number of hydrogen-bond acceptors (Lipinski definition) is 5. The van der Waals surface area contributed by atoms with E-state index < -0.39 is 0 Å². The third-order valence-electron chi connectivity index (χ3n) is 3.44. The Morgan fingerprint density at radius 1 is 1.00 bits per heavy atom. The highest BCUT2D eigenvalue weighted by Gasteiger charge is 2.03. The Balaban J connectivity index is 1.65. The summed E-state index contributed by atoms with van der Waals surface area (Å²) in [4.78, 5) is 8.45. The van der Waals surface area contributed by atoms with Gasteiger partial charge in [0.15, 0.2) is 0 Å². The molecule has 1 aromatic heterocycles. The first-order valence-corrected chi connectivity index (χ1v) is 7.83. The molecule has 1 heterocycles. The van der Waals surface area contributed by atoms with Crippen molar-refractivity contribution < 1.29 is 4.74 Å². The largest absolute Gasteiger partial charge is 0.497 e. The second-order valence-corrected chi connectivity index (χ2v) is 5.50. The summed E-state index contributed by atoms with van der Waals surface area (Å²) in [7, 11) is 1.65. The lowest BCUT2D eigenvalue weighted by Gasteiger charge is -2.10. The van der Waals surface area contributed by atoms with Gasteiger partial charge < -0.3 is 15.4 Å². The normalized spacial score (nSPS) is 10.2. The number of benzene rings is 2. The minimum absolute atomic E-state index is 0.642. The molecule has 122 valence electrons. The lowest BCUT2D eigenvalue weighted by Crippen LogP contribution is -2.03. The van der Waals surface area contributed by atoms with E-state index in [0.29, 0.717) is 17.4 Å². The van der Waals surface area contributed by atoms with E-state index in [0.717, 1.165) is 22.8 Å². The van der Waals surface area contributed by atoms with Crippen LogP contribution in [-0.2, 0) is 6.54 Å². The molecule has 0 aliphatic heterocycles. The summed E-state index contributed by atoms with van der Waals surface area (Å²) >= 11 is 6.15. The fourth-order valence-corrected chi connectivity index (χ4v) is 2.34. The van der Waals surface area contributed by atoms with Crippen LogP contribution in [0.3, 0.4) is 0 Å². The number of aromatic nitrogens is 2. The Morgan fingerprint density at radius 3 is 2.50 bits per heavy atom. The van der Waals surface area contributed by atoms with Gasteiger partial charge in [-0.3, -0.25) is 0 Å². The molecule has 0 radical (unpaired) electrons. The molecule has 6 heteroatoms. The number of nitrogens with zero attached hydrogens (tertiary/aromatic N) is 2. The average Bonchev–Trinajstić information content (AvgIpc) is 2.63. The maximum absolute atomic E-state index is 6.15. The first-order valence-electron chi connectivity index (χ1n) is 7.45. The SMILES string of the molecule is COc1ccc(CNc2cc(Nc3ccccc3Cl)ncn2)cc1. The van der Waals surface area contributed by atoms with Crippen LogP contribution in [0.25, 0.3) is 0 Å². The van der Waals surface area contributed by atoms with E-state index in [4.69, 9.17) is 16.3 Å². The molecule has 5 nitrogen and oxygen atoms in total. The molecule has 2 N–H and O–H groups in total. The lowest BCUT2D eigenvalue weighted by atomic mass is 10.2. The second kappa shape index (κ2) is 7.66. The van der Waals surface area contributed by atoms with Crippen molar-refractivity contribution in [2.45, 2.75) is 6.54 Å². The standard InChI is InChI=1S/C18H17ClN4O/c1-24-14-8-6-13(7-9-14)11-20-17-10-18(22-12-21-17)23-16-5-3-2-4-15(16)19/h2-10,12H,11H2,1H3,(H2,20,21,22,23). The fraction of sp³-hybridized carbons (Fsp3) is 0.111. The van der Waals surface area contributed by atoms with Crippen LogP contribution in [0, 0.1) is 0 Å². The Morgan fingerprint density at radius 2 is 1.75 bits per heavy atom. The third-order valence-corrected chi connectivity index (χ3v) is 3.77. The molecule has 24 heavy (non-hydrogen) atoms. The highest BCUT2D eigenvalue weighted by atomic mass is 35.5. The van der Waals surface area contributed by atoms with Crippen LogP contribution >= 0.6 is 11.6 Å². The zero-order valence-corrected chi connectivity index (χ0v) is 13.9. The summed E-state index contributed by atoms with van der Waals surface area (Å²) in [6, 6.07) is 17.2. The van der Waals surface area contributed by atoms with Crippen LogP contribution in [-0.4, -0.2) is 17.1 Å². The fourth-order valence-electron chi connectivity index (χ4n) is 2.16. The van der Waals surface area contributed by atoms with Gasteiger partial charge in [-0.1, -0.05) is 35.9 Å². The van der Waals surface area contributed by atoms with Crippen LogP contribution in [0.4, 0.5) is 17.3 Å². The maximum Gasteiger partial charge on any atom is 0.135 e. The molecule has 0 saturated carbocycles. The number of halogens is 1. The van der Waals surface area contributed by atoms with Gasteiger partial charge in [0.25, 0.3) is 0 Å². The van der Waals surface area contributed by atoms with Crippen LogP contribution < -0.4 is 15.4 Å². The molecule has 0 aliphatic carbocycles. The zero-order valence-electron chi connectivity index (χ0n) is 13.2. The molecule has 2 aromatic carbocycles. The van der Waals surface area contributed by atoms with E-state index in [1.54, 1.807) is 7.11 Å². The van der Waals surface area contributed by atoms with Crippen molar-refractivity contribution in [3.63, 3.8) is 0 Å². The number of rotatable bonds is 6. The van der Waals surface area contributed by atoms with Gasteiger partial charge in [0.1, 0.15) is 23.7 Å². The number of ether oxygens (including phenoxy) is 1. The number of hydrogen-bond donors (Lipinski definition) is 2. The second-order valence-electron chi connectivity index (χ2n) is 5.09. The quantitative estimate of drug-likeness (QED) is 0.692. The summed E-state index contributed by atoms with van der Waals surface area (Å²) in [5, 5.41) is 7.10. The molecule has 0 fully saturated rings. The Hall–Kier alpha value is -2.79. The smallest absolute Gasteiger partial charge is 0.135 e. The topological polar surface area (TPSA) is 59.1 Å². The first kappa shape index (κ1) is 16.1. The molecular weight excluding hydrogens is 324 g/mol. The van der Waals surface area contributed by atoms with E-state index in [1.165, 1.54) is 6.33 Å². The van der Waals surface area contributed by atoms with Crippen molar-refractivity contribution in [1.29, 1.82) is 0 Å². The van der Waals surface area contributed by atoms with E-state index in [9.17, 15) is 0 Å².